The first-order chi connectivity index (χ1) is 10.7. The van der Waals surface area contributed by atoms with Crippen LogP contribution in [0.1, 0.15) is 51.4 Å². The Morgan fingerprint density at radius 2 is 1.55 bits per heavy atom. The number of hydrogen-bond acceptors (Lipinski definition) is 3. The maximum absolute atomic E-state index is 11.6. The molecule has 130 valence electrons. The lowest BCUT2D eigenvalue weighted by Gasteiger charge is -2.19. The van der Waals surface area contributed by atoms with Crippen molar-refractivity contribution in [1.29, 1.82) is 0 Å². The van der Waals surface area contributed by atoms with Crippen molar-refractivity contribution in [1.82, 2.24) is 4.90 Å². The Balaban J connectivity index is 3.43. The molecular formula is C17H31Cl2NO2. The highest BCUT2D eigenvalue weighted by molar-refractivity contribution is 6.18. The Hall–Kier alpha value is -0.250. The number of rotatable bonds is 16. The molecule has 0 heterocycles. The van der Waals surface area contributed by atoms with Crippen molar-refractivity contribution in [3.8, 4) is 0 Å². The molecule has 0 rings (SSSR count). The van der Waals surface area contributed by atoms with Crippen molar-refractivity contribution in [2.45, 2.75) is 51.4 Å². The minimum atomic E-state index is -0.0941. The number of unbranched alkanes of at least 4 members (excludes halogenated alkanes) is 6. The van der Waals surface area contributed by atoms with Crippen LogP contribution in [0.2, 0.25) is 0 Å². The number of carbonyl (C=O) groups excluding carboxylic acids is 1. The Morgan fingerprint density at radius 1 is 0.955 bits per heavy atom. The maximum atomic E-state index is 11.6. The number of hydrogen-bond donors (Lipinski definition) is 0. The van der Waals surface area contributed by atoms with Crippen molar-refractivity contribution >= 4 is 29.2 Å². The fourth-order valence-corrected chi connectivity index (χ4v) is 2.68. The molecule has 0 fully saturated rings. The lowest BCUT2D eigenvalue weighted by Crippen LogP contribution is -2.31. The highest BCUT2D eigenvalue weighted by atomic mass is 35.5. The molecule has 0 aliphatic carbocycles. The zero-order chi connectivity index (χ0) is 16.5. The summed E-state index contributed by atoms with van der Waals surface area (Å²) in [4.78, 5) is 13.7. The van der Waals surface area contributed by atoms with E-state index in [2.05, 4.69) is 11.5 Å². The molecule has 0 aliphatic rings. The standard InChI is InChI=1S/C17H31Cl2NO2/c1-2-3-4-5-6-7-8-9-10-17(21)22-16-15-20(13-11-18)14-12-19/h2H,1,3-16H2. The third-order valence-corrected chi connectivity index (χ3v) is 3.85. The van der Waals surface area contributed by atoms with Gasteiger partial charge in [-0.05, 0) is 19.3 Å². The van der Waals surface area contributed by atoms with E-state index in [1.54, 1.807) is 0 Å². The highest BCUT2D eigenvalue weighted by Gasteiger charge is 2.06. The summed E-state index contributed by atoms with van der Waals surface area (Å²) in [6, 6.07) is 0. The Kier molecular flexibility index (Phi) is 16.9. The van der Waals surface area contributed by atoms with Crippen LogP contribution in [-0.4, -0.2) is 48.9 Å². The van der Waals surface area contributed by atoms with E-state index in [1.807, 2.05) is 6.08 Å². The Bertz CT molecular complexity index is 269. The second-order valence-corrected chi connectivity index (χ2v) is 6.14. The number of ether oxygens (including phenoxy) is 1. The molecule has 0 bridgehead atoms. The molecule has 0 spiro atoms. The van der Waals surface area contributed by atoms with Crippen molar-refractivity contribution in [3.63, 3.8) is 0 Å². The van der Waals surface area contributed by atoms with Gasteiger partial charge in [-0.15, -0.1) is 29.8 Å². The number of allylic oxidation sites excluding steroid dienone is 1. The van der Waals surface area contributed by atoms with Gasteiger partial charge >= 0.3 is 5.97 Å². The van der Waals surface area contributed by atoms with Crippen molar-refractivity contribution in [2.75, 3.05) is 38.0 Å². The molecule has 0 amide bonds. The monoisotopic (exact) mass is 351 g/mol. The van der Waals surface area contributed by atoms with Gasteiger partial charge in [-0.25, -0.2) is 0 Å². The molecule has 0 saturated carbocycles. The predicted octanol–water partition coefficient (Wildman–Crippen LogP) is 4.62. The number of alkyl halides is 2. The zero-order valence-electron chi connectivity index (χ0n) is 13.7. The van der Waals surface area contributed by atoms with Crippen molar-refractivity contribution < 1.29 is 9.53 Å². The van der Waals surface area contributed by atoms with Gasteiger partial charge in [0, 0.05) is 37.8 Å². The molecule has 0 radical (unpaired) electrons. The molecule has 0 N–H and O–H groups in total. The molecule has 5 heteroatoms. The van der Waals surface area contributed by atoms with Crippen molar-refractivity contribution in [3.05, 3.63) is 12.7 Å². The third-order valence-electron chi connectivity index (χ3n) is 3.51. The van der Waals surface area contributed by atoms with Gasteiger partial charge in [0.1, 0.15) is 6.61 Å². The molecule has 0 saturated heterocycles. The molecule has 0 aromatic heterocycles. The Morgan fingerprint density at radius 3 is 2.14 bits per heavy atom. The summed E-state index contributed by atoms with van der Waals surface area (Å²) in [5.74, 6) is 1.04. The van der Waals surface area contributed by atoms with Crippen LogP contribution in [0.5, 0.6) is 0 Å². The summed E-state index contributed by atoms with van der Waals surface area (Å²) in [6.45, 7) is 6.39. The van der Waals surface area contributed by atoms with Crippen LogP contribution in [-0.2, 0) is 9.53 Å². The third kappa shape index (κ3) is 14.7. The molecule has 3 nitrogen and oxygen atoms in total. The second-order valence-electron chi connectivity index (χ2n) is 5.39. The van der Waals surface area contributed by atoms with Crippen LogP contribution < -0.4 is 0 Å². The first-order valence-electron chi connectivity index (χ1n) is 8.35. The van der Waals surface area contributed by atoms with Gasteiger partial charge < -0.3 is 4.74 Å². The van der Waals surface area contributed by atoms with E-state index >= 15 is 0 Å². The van der Waals surface area contributed by atoms with Gasteiger partial charge in [0.2, 0.25) is 0 Å². The number of carbonyl (C=O) groups is 1. The summed E-state index contributed by atoms with van der Waals surface area (Å²) in [7, 11) is 0. The molecule has 0 aliphatic heterocycles. The van der Waals surface area contributed by atoms with Crippen LogP contribution in [0.3, 0.4) is 0 Å². The fraction of sp³-hybridized carbons (Fsp3) is 0.824. The highest BCUT2D eigenvalue weighted by Crippen LogP contribution is 2.09. The van der Waals surface area contributed by atoms with E-state index in [0.29, 0.717) is 31.3 Å². The lowest BCUT2D eigenvalue weighted by atomic mass is 10.1. The lowest BCUT2D eigenvalue weighted by molar-refractivity contribution is -0.144. The average Bonchev–Trinajstić information content (AvgIpc) is 2.50. The molecule has 0 unspecified atom stereocenters. The first-order valence-corrected chi connectivity index (χ1v) is 9.42. The number of halogens is 2. The van der Waals surface area contributed by atoms with Crippen LogP contribution in [0, 0.1) is 0 Å². The van der Waals surface area contributed by atoms with Crippen molar-refractivity contribution in [2.24, 2.45) is 0 Å². The van der Waals surface area contributed by atoms with Crippen LogP contribution in [0.25, 0.3) is 0 Å². The second kappa shape index (κ2) is 17.1. The number of nitrogens with zero attached hydrogens (tertiary/aromatic N) is 1. The van der Waals surface area contributed by atoms with Crippen LogP contribution in [0.4, 0.5) is 0 Å². The first kappa shape index (κ1) is 21.8. The molecule has 0 aromatic carbocycles. The summed E-state index contributed by atoms with van der Waals surface area (Å²) >= 11 is 11.4. The number of esters is 1. The van der Waals surface area contributed by atoms with E-state index in [9.17, 15) is 4.79 Å². The predicted molar refractivity (Wildman–Crippen MR) is 96.0 cm³/mol. The topological polar surface area (TPSA) is 29.5 Å². The molecular weight excluding hydrogens is 321 g/mol. The van der Waals surface area contributed by atoms with Gasteiger partial charge in [-0.3, -0.25) is 9.69 Å². The van der Waals surface area contributed by atoms with Gasteiger partial charge in [-0.1, -0.05) is 31.8 Å². The largest absolute Gasteiger partial charge is 0.464 e. The average molecular weight is 352 g/mol. The van der Waals surface area contributed by atoms with E-state index in [0.717, 1.165) is 32.4 Å². The minimum absolute atomic E-state index is 0.0941. The van der Waals surface area contributed by atoms with E-state index in [-0.39, 0.29) is 5.97 Å². The van der Waals surface area contributed by atoms with Gasteiger partial charge in [-0.2, -0.15) is 0 Å². The minimum Gasteiger partial charge on any atom is -0.464 e. The van der Waals surface area contributed by atoms with Gasteiger partial charge in [0.25, 0.3) is 0 Å². The summed E-state index contributed by atoms with van der Waals surface area (Å²) in [5.41, 5.74) is 0. The SMILES string of the molecule is C=CCCCCCCCCC(=O)OCCN(CCCl)CCCl. The zero-order valence-corrected chi connectivity index (χ0v) is 15.2. The van der Waals surface area contributed by atoms with Gasteiger partial charge in [0.15, 0.2) is 0 Å². The molecule has 0 aromatic rings. The summed E-state index contributed by atoms with van der Waals surface area (Å²) in [5, 5.41) is 0. The van der Waals surface area contributed by atoms with Crippen LogP contribution >= 0.6 is 23.2 Å². The molecule has 22 heavy (non-hydrogen) atoms. The normalized spacial score (nSPS) is 10.9. The quantitative estimate of drug-likeness (QED) is 0.176. The Labute approximate surface area is 146 Å². The fourth-order valence-electron chi connectivity index (χ4n) is 2.20. The maximum Gasteiger partial charge on any atom is 0.305 e. The smallest absolute Gasteiger partial charge is 0.305 e. The summed E-state index contributed by atoms with van der Waals surface area (Å²) in [6.07, 6.45) is 10.6. The summed E-state index contributed by atoms with van der Waals surface area (Å²) < 4.78 is 5.25. The van der Waals surface area contributed by atoms with Gasteiger partial charge in [0.05, 0.1) is 0 Å². The van der Waals surface area contributed by atoms with E-state index in [1.165, 1.54) is 25.7 Å². The van der Waals surface area contributed by atoms with E-state index < -0.39 is 0 Å². The van der Waals surface area contributed by atoms with Crippen LogP contribution in [0.15, 0.2) is 12.7 Å². The van der Waals surface area contributed by atoms with E-state index in [4.69, 9.17) is 27.9 Å². The molecule has 0 atom stereocenters.